The van der Waals surface area contributed by atoms with Crippen molar-refractivity contribution < 1.29 is 19.5 Å². The van der Waals surface area contributed by atoms with Gasteiger partial charge in [0.2, 0.25) is 11.8 Å². The van der Waals surface area contributed by atoms with Crippen molar-refractivity contribution in [3.63, 3.8) is 0 Å². The van der Waals surface area contributed by atoms with Gasteiger partial charge in [-0.05, 0) is 31.3 Å². The molecule has 3 atom stereocenters. The predicted molar refractivity (Wildman–Crippen MR) is 115 cm³/mol. The molecular formula is C17H30N8O4S. The van der Waals surface area contributed by atoms with Crippen LogP contribution in [0.1, 0.15) is 25.0 Å². The first-order valence-corrected chi connectivity index (χ1v) is 10.7. The van der Waals surface area contributed by atoms with E-state index < -0.39 is 35.9 Å². The lowest BCUT2D eigenvalue weighted by Gasteiger charge is -2.22. The Hall–Kier alpha value is -2.80. The molecule has 10 N–H and O–H groups in total. The SMILES string of the molecule is CSCCC(NC(=O)C(CCCN=C(N)N)NC(=O)C(N)Cc1cnc[nH]1)C(=O)O. The topological polar surface area (TPSA) is 215 Å². The maximum Gasteiger partial charge on any atom is 0.326 e. The first-order chi connectivity index (χ1) is 14.2. The van der Waals surface area contributed by atoms with Crippen LogP contribution in [0.3, 0.4) is 0 Å². The summed E-state index contributed by atoms with van der Waals surface area (Å²) in [5.41, 5.74) is 17.2. The van der Waals surface area contributed by atoms with Crippen molar-refractivity contribution in [3.8, 4) is 0 Å². The summed E-state index contributed by atoms with van der Waals surface area (Å²) in [5.74, 6) is -1.80. The molecule has 1 aromatic heterocycles. The second-order valence-corrected chi connectivity index (χ2v) is 7.56. The van der Waals surface area contributed by atoms with Crippen LogP contribution in [0.4, 0.5) is 0 Å². The van der Waals surface area contributed by atoms with Crippen LogP contribution in [0.25, 0.3) is 0 Å². The number of H-pyrrole nitrogens is 1. The number of nitrogens with one attached hydrogen (secondary N) is 3. The van der Waals surface area contributed by atoms with Gasteiger partial charge in [-0.3, -0.25) is 14.6 Å². The normalized spacial score (nSPS) is 13.7. The molecule has 0 bridgehead atoms. The molecule has 13 heteroatoms. The number of carboxylic acid groups (broad SMARTS) is 1. The van der Waals surface area contributed by atoms with E-state index >= 15 is 0 Å². The van der Waals surface area contributed by atoms with Gasteiger partial charge >= 0.3 is 5.97 Å². The fraction of sp³-hybridized carbons (Fsp3) is 0.588. The van der Waals surface area contributed by atoms with Crippen LogP contribution < -0.4 is 27.8 Å². The molecular weight excluding hydrogens is 412 g/mol. The lowest BCUT2D eigenvalue weighted by Crippen LogP contribution is -2.54. The Morgan fingerprint density at radius 2 is 1.93 bits per heavy atom. The third-order valence-electron chi connectivity index (χ3n) is 4.13. The molecule has 12 nitrogen and oxygen atoms in total. The molecule has 30 heavy (non-hydrogen) atoms. The number of aliphatic imine (C=N–C) groups is 1. The Balaban J connectivity index is 2.77. The number of carbonyl (C=O) groups excluding carboxylic acids is 2. The zero-order valence-corrected chi connectivity index (χ0v) is 17.7. The predicted octanol–water partition coefficient (Wildman–Crippen LogP) is -1.86. The van der Waals surface area contributed by atoms with Gasteiger partial charge in [0.1, 0.15) is 12.1 Å². The first-order valence-electron chi connectivity index (χ1n) is 9.35. The summed E-state index contributed by atoms with van der Waals surface area (Å²) < 4.78 is 0. The van der Waals surface area contributed by atoms with Crippen molar-refractivity contribution in [1.29, 1.82) is 0 Å². The van der Waals surface area contributed by atoms with Crippen LogP contribution in [-0.4, -0.2) is 75.5 Å². The molecule has 0 fully saturated rings. The van der Waals surface area contributed by atoms with Gasteiger partial charge in [-0.2, -0.15) is 11.8 Å². The number of imidazole rings is 1. The summed E-state index contributed by atoms with van der Waals surface area (Å²) in [6, 6.07) is -2.94. The molecule has 1 aromatic rings. The summed E-state index contributed by atoms with van der Waals surface area (Å²) in [4.78, 5) is 47.1. The van der Waals surface area contributed by atoms with E-state index in [2.05, 4.69) is 25.6 Å². The molecule has 0 saturated heterocycles. The van der Waals surface area contributed by atoms with E-state index in [0.717, 1.165) is 0 Å². The lowest BCUT2D eigenvalue weighted by molar-refractivity contribution is -0.142. The molecule has 0 aliphatic carbocycles. The van der Waals surface area contributed by atoms with E-state index in [1.165, 1.54) is 18.1 Å². The summed E-state index contributed by atoms with van der Waals surface area (Å²) in [6.07, 6.45) is 5.94. The van der Waals surface area contributed by atoms with Crippen LogP contribution in [0, 0.1) is 0 Å². The fourth-order valence-electron chi connectivity index (χ4n) is 2.54. The van der Waals surface area contributed by atoms with Gasteiger partial charge in [0.25, 0.3) is 0 Å². The Kier molecular flexibility index (Phi) is 11.3. The number of guanidine groups is 1. The van der Waals surface area contributed by atoms with Crippen LogP contribution in [0.15, 0.2) is 17.5 Å². The smallest absolute Gasteiger partial charge is 0.326 e. The molecule has 0 spiro atoms. The molecule has 1 rings (SSSR count). The number of aromatic amines is 1. The number of carbonyl (C=O) groups is 3. The van der Waals surface area contributed by atoms with E-state index in [9.17, 15) is 19.5 Å². The number of thioether (sulfide) groups is 1. The minimum atomic E-state index is -1.14. The molecule has 2 amide bonds. The monoisotopic (exact) mass is 442 g/mol. The average Bonchev–Trinajstić information content (AvgIpc) is 3.19. The van der Waals surface area contributed by atoms with Crippen LogP contribution in [0.5, 0.6) is 0 Å². The van der Waals surface area contributed by atoms with Gasteiger partial charge in [0.15, 0.2) is 5.96 Å². The Morgan fingerprint density at radius 1 is 1.23 bits per heavy atom. The molecule has 0 aromatic carbocycles. The molecule has 168 valence electrons. The number of rotatable bonds is 14. The van der Waals surface area contributed by atoms with Crippen molar-refractivity contribution in [2.24, 2.45) is 22.2 Å². The number of nitrogens with two attached hydrogens (primary N) is 3. The van der Waals surface area contributed by atoms with Gasteiger partial charge in [0.05, 0.1) is 12.4 Å². The minimum absolute atomic E-state index is 0.0791. The van der Waals surface area contributed by atoms with E-state index in [4.69, 9.17) is 17.2 Å². The van der Waals surface area contributed by atoms with Crippen LogP contribution in [-0.2, 0) is 20.8 Å². The summed E-state index contributed by atoms with van der Waals surface area (Å²) >= 11 is 1.47. The van der Waals surface area contributed by atoms with E-state index in [1.807, 2.05) is 6.26 Å². The molecule has 0 aliphatic rings. The second-order valence-electron chi connectivity index (χ2n) is 6.58. The Morgan fingerprint density at radius 3 is 2.50 bits per heavy atom. The van der Waals surface area contributed by atoms with E-state index in [1.54, 1.807) is 6.20 Å². The molecule has 0 radical (unpaired) electrons. The quantitative estimate of drug-likeness (QED) is 0.0975. The highest BCUT2D eigenvalue weighted by Crippen LogP contribution is 2.05. The number of hydrogen-bond acceptors (Lipinski definition) is 7. The largest absolute Gasteiger partial charge is 0.480 e. The minimum Gasteiger partial charge on any atom is -0.480 e. The zero-order chi connectivity index (χ0) is 22.5. The number of amides is 2. The van der Waals surface area contributed by atoms with Crippen molar-refractivity contribution in [1.82, 2.24) is 20.6 Å². The zero-order valence-electron chi connectivity index (χ0n) is 16.8. The first kappa shape index (κ1) is 25.2. The maximum absolute atomic E-state index is 12.7. The van der Waals surface area contributed by atoms with Gasteiger partial charge in [-0.25, -0.2) is 9.78 Å². The molecule has 0 saturated carbocycles. The lowest BCUT2D eigenvalue weighted by atomic mass is 10.1. The highest BCUT2D eigenvalue weighted by molar-refractivity contribution is 7.98. The van der Waals surface area contributed by atoms with Crippen molar-refractivity contribution in [2.45, 2.75) is 43.8 Å². The fourth-order valence-corrected chi connectivity index (χ4v) is 3.01. The number of aliphatic carboxylic acids is 1. The highest BCUT2D eigenvalue weighted by atomic mass is 32.2. The molecule has 0 aliphatic heterocycles. The summed E-state index contributed by atoms with van der Waals surface area (Å²) in [5, 5.41) is 14.4. The third kappa shape index (κ3) is 9.60. The Labute approximate surface area is 178 Å². The van der Waals surface area contributed by atoms with Crippen LogP contribution >= 0.6 is 11.8 Å². The number of hydrogen-bond donors (Lipinski definition) is 7. The van der Waals surface area contributed by atoms with Gasteiger partial charge in [-0.15, -0.1) is 0 Å². The van der Waals surface area contributed by atoms with Gasteiger partial charge in [0, 0.05) is 24.9 Å². The number of carboxylic acids is 1. The maximum atomic E-state index is 12.7. The summed E-state index contributed by atoms with van der Waals surface area (Å²) in [6.45, 7) is 0.261. The van der Waals surface area contributed by atoms with Crippen molar-refractivity contribution in [2.75, 3.05) is 18.6 Å². The average molecular weight is 443 g/mol. The highest BCUT2D eigenvalue weighted by Gasteiger charge is 2.27. The number of nitrogens with zero attached hydrogens (tertiary/aromatic N) is 2. The van der Waals surface area contributed by atoms with E-state index in [0.29, 0.717) is 17.9 Å². The van der Waals surface area contributed by atoms with E-state index in [-0.39, 0.29) is 31.8 Å². The Bertz CT molecular complexity index is 709. The molecule has 3 unspecified atom stereocenters. The molecule has 1 heterocycles. The standard InChI is InChI=1S/C17H30N8O4S/c1-30-6-4-13(16(28)29)25-15(27)12(3-2-5-22-17(19)20)24-14(26)11(18)7-10-8-21-9-23-10/h8-9,11-13H,2-7,18H2,1H3,(H,21,23)(H,24,26)(H,25,27)(H,28,29)(H4,19,20,22). The number of aromatic nitrogens is 2. The second kappa shape index (κ2) is 13.4. The van der Waals surface area contributed by atoms with Gasteiger partial charge in [-0.1, -0.05) is 0 Å². The van der Waals surface area contributed by atoms with Crippen LogP contribution in [0.2, 0.25) is 0 Å². The third-order valence-corrected chi connectivity index (χ3v) is 4.78. The van der Waals surface area contributed by atoms with Crippen molar-refractivity contribution in [3.05, 3.63) is 18.2 Å². The van der Waals surface area contributed by atoms with Gasteiger partial charge < -0.3 is 37.9 Å². The summed E-state index contributed by atoms with van der Waals surface area (Å²) in [7, 11) is 0. The van der Waals surface area contributed by atoms with Crippen molar-refractivity contribution >= 4 is 35.5 Å².